The highest BCUT2D eigenvalue weighted by Gasteiger charge is 2.23. The van der Waals surface area contributed by atoms with Gasteiger partial charge in [-0.1, -0.05) is 12.2 Å². The Kier molecular flexibility index (Phi) is 3.32. The van der Waals surface area contributed by atoms with Crippen LogP contribution in [0.15, 0.2) is 18.3 Å². The SMILES string of the molecule is CSC1CCN(c2ccc3ncc(C(N)=S)n3n2)C1. The van der Waals surface area contributed by atoms with Crippen molar-refractivity contribution in [2.24, 2.45) is 5.73 Å². The van der Waals surface area contributed by atoms with Crippen molar-refractivity contribution in [1.82, 2.24) is 14.6 Å². The molecule has 19 heavy (non-hydrogen) atoms. The van der Waals surface area contributed by atoms with E-state index in [0.717, 1.165) is 24.6 Å². The van der Waals surface area contributed by atoms with Gasteiger partial charge in [-0.15, -0.1) is 5.10 Å². The van der Waals surface area contributed by atoms with Gasteiger partial charge in [0.1, 0.15) is 16.5 Å². The summed E-state index contributed by atoms with van der Waals surface area (Å²) in [5, 5.41) is 5.30. The minimum atomic E-state index is 0.320. The lowest BCUT2D eigenvalue weighted by Gasteiger charge is -2.17. The summed E-state index contributed by atoms with van der Waals surface area (Å²) in [6.07, 6.45) is 5.03. The minimum absolute atomic E-state index is 0.320. The van der Waals surface area contributed by atoms with Crippen molar-refractivity contribution in [3.05, 3.63) is 24.0 Å². The molecule has 7 heteroatoms. The maximum Gasteiger partial charge on any atom is 0.154 e. The molecule has 1 atom stereocenters. The maximum atomic E-state index is 5.69. The number of imidazole rings is 1. The van der Waals surface area contributed by atoms with Crippen molar-refractivity contribution in [2.75, 3.05) is 24.2 Å². The third-order valence-electron chi connectivity index (χ3n) is 3.40. The Bertz CT molecular complexity index is 624. The standard InChI is InChI=1S/C12H15N5S2/c1-19-8-4-5-16(7-8)11-3-2-10-14-6-9(12(13)18)17(10)15-11/h2-3,6,8H,4-5,7H2,1H3,(H2,13,18). The van der Waals surface area contributed by atoms with Gasteiger partial charge < -0.3 is 10.6 Å². The molecule has 0 radical (unpaired) electrons. The molecule has 1 fully saturated rings. The molecule has 1 unspecified atom stereocenters. The van der Waals surface area contributed by atoms with Crippen molar-refractivity contribution in [3.8, 4) is 0 Å². The first-order valence-electron chi connectivity index (χ1n) is 6.11. The molecular formula is C12H15N5S2. The Labute approximate surface area is 121 Å². The van der Waals surface area contributed by atoms with E-state index in [1.165, 1.54) is 6.42 Å². The fraction of sp³-hybridized carbons (Fsp3) is 0.417. The number of nitrogens with zero attached hydrogens (tertiary/aromatic N) is 4. The Morgan fingerprint density at radius 3 is 3.05 bits per heavy atom. The van der Waals surface area contributed by atoms with Crippen LogP contribution in [-0.2, 0) is 0 Å². The highest BCUT2D eigenvalue weighted by molar-refractivity contribution is 7.99. The molecule has 3 heterocycles. The fourth-order valence-corrected chi connectivity index (χ4v) is 3.14. The van der Waals surface area contributed by atoms with Crippen LogP contribution in [0.5, 0.6) is 0 Å². The van der Waals surface area contributed by atoms with E-state index in [2.05, 4.69) is 21.2 Å². The van der Waals surface area contributed by atoms with Crippen molar-refractivity contribution in [2.45, 2.75) is 11.7 Å². The number of thioether (sulfide) groups is 1. The van der Waals surface area contributed by atoms with Crippen LogP contribution in [0.4, 0.5) is 5.82 Å². The average Bonchev–Trinajstić information content (AvgIpc) is 3.04. The number of anilines is 1. The molecular weight excluding hydrogens is 278 g/mol. The molecule has 0 bridgehead atoms. The molecule has 2 N–H and O–H groups in total. The number of fused-ring (bicyclic) bond motifs is 1. The van der Waals surface area contributed by atoms with Gasteiger partial charge in [-0.3, -0.25) is 0 Å². The minimum Gasteiger partial charge on any atom is -0.388 e. The highest BCUT2D eigenvalue weighted by Crippen LogP contribution is 2.24. The summed E-state index contributed by atoms with van der Waals surface area (Å²) in [6, 6.07) is 3.96. The molecule has 1 aliphatic heterocycles. The summed E-state index contributed by atoms with van der Waals surface area (Å²) >= 11 is 6.93. The maximum absolute atomic E-state index is 5.69. The Balaban J connectivity index is 1.97. The van der Waals surface area contributed by atoms with Crippen molar-refractivity contribution >= 4 is 40.4 Å². The Morgan fingerprint density at radius 1 is 1.53 bits per heavy atom. The molecule has 0 saturated carbocycles. The van der Waals surface area contributed by atoms with Crippen molar-refractivity contribution < 1.29 is 0 Å². The normalized spacial score (nSPS) is 19.2. The van der Waals surface area contributed by atoms with Gasteiger partial charge in [0.25, 0.3) is 0 Å². The number of nitrogens with two attached hydrogens (primary N) is 1. The van der Waals surface area contributed by atoms with Gasteiger partial charge in [-0.05, 0) is 24.8 Å². The Morgan fingerprint density at radius 2 is 2.37 bits per heavy atom. The zero-order chi connectivity index (χ0) is 13.4. The quantitative estimate of drug-likeness (QED) is 0.861. The summed E-state index contributed by atoms with van der Waals surface area (Å²) < 4.78 is 1.73. The van der Waals surface area contributed by atoms with Crippen molar-refractivity contribution in [3.63, 3.8) is 0 Å². The molecule has 1 aliphatic rings. The van der Waals surface area contributed by atoms with E-state index in [4.69, 9.17) is 18.0 Å². The molecule has 100 valence electrons. The van der Waals surface area contributed by atoms with E-state index < -0.39 is 0 Å². The summed E-state index contributed by atoms with van der Waals surface area (Å²) in [5.74, 6) is 0.958. The predicted molar refractivity (Wildman–Crippen MR) is 83.0 cm³/mol. The number of thiocarbonyl (C=S) groups is 1. The molecule has 0 aromatic carbocycles. The van der Waals surface area contributed by atoms with Crippen LogP contribution in [0.2, 0.25) is 0 Å². The van der Waals surface area contributed by atoms with Crippen LogP contribution in [-0.4, -0.2) is 44.2 Å². The van der Waals surface area contributed by atoms with Crippen LogP contribution in [0.25, 0.3) is 5.65 Å². The second-order valence-corrected chi connectivity index (χ2v) is 6.14. The number of hydrogen-bond acceptors (Lipinski definition) is 5. The van der Waals surface area contributed by atoms with Crippen LogP contribution in [0.1, 0.15) is 12.1 Å². The average molecular weight is 293 g/mol. The number of hydrogen-bond donors (Lipinski definition) is 1. The Hall–Kier alpha value is -1.34. The van der Waals surface area contributed by atoms with Crippen LogP contribution in [0, 0.1) is 0 Å². The van der Waals surface area contributed by atoms with Crippen LogP contribution in [0.3, 0.4) is 0 Å². The second-order valence-electron chi connectivity index (χ2n) is 4.56. The third-order valence-corrected chi connectivity index (χ3v) is 4.66. The molecule has 1 saturated heterocycles. The van der Waals surface area contributed by atoms with Gasteiger partial charge in [0.05, 0.1) is 6.20 Å². The number of rotatable bonds is 3. The van der Waals surface area contributed by atoms with E-state index >= 15 is 0 Å². The van der Waals surface area contributed by atoms with Gasteiger partial charge in [0.2, 0.25) is 0 Å². The second kappa shape index (κ2) is 4.97. The van der Waals surface area contributed by atoms with Gasteiger partial charge in [0, 0.05) is 18.3 Å². The molecule has 0 amide bonds. The molecule has 2 aromatic rings. The summed E-state index contributed by atoms with van der Waals surface area (Å²) in [5.41, 5.74) is 7.14. The molecule has 0 aliphatic carbocycles. The fourth-order valence-electron chi connectivity index (χ4n) is 2.33. The van der Waals surface area contributed by atoms with Crippen molar-refractivity contribution in [1.29, 1.82) is 0 Å². The van der Waals surface area contributed by atoms with Crippen LogP contribution >= 0.6 is 24.0 Å². The molecule has 5 nitrogen and oxygen atoms in total. The van der Waals surface area contributed by atoms with Crippen LogP contribution < -0.4 is 10.6 Å². The zero-order valence-corrected chi connectivity index (χ0v) is 12.2. The lowest BCUT2D eigenvalue weighted by atomic mass is 10.4. The summed E-state index contributed by atoms with van der Waals surface area (Å²) in [4.78, 5) is 6.86. The smallest absolute Gasteiger partial charge is 0.154 e. The van der Waals surface area contributed by atoms with Gasteiger partial charge in [-0.2, -0.15) is 11.8 Å². The number of aromatic nitrogens is 3. The first-order chi connectivity index (χ1) is 9.19. The van der Waals surface area contributed by atoms with E-state index in [0.29, 0.717) is 15.9 Å². The third kappa shape index (κ3) is 2.28. The topological polar surface area (TPSA) is 59.5 Å². The summed E-state index contributed by atoms with van der Waals surface area (Å²) in [7, 11) is 0. The summed E-state index contributed by atoms with van der Waals surface area (Å²) in [6.45, 7) is 2.08. The lowest BCUT2D eigenvalue weighted by Crippen LogP contribution is -2.23. The van der Waals surface area contributed by atoms with E-state index in [1.807, 2.05) is 23.9 Å². The van der Waals surface area contributed by atoms with E-state index in [9.17, 15) is 0 Å². The van der Waals surface area contributed by atoms with E-state index in [-0.39, 0.29) is 0 Å². The molecule has 2 aromatic heterocycles. The predicted octanol–water partition coefficient (Wildman–Crippen LogP) is 1.31. The first-order valence-corrected chi connectivity index (χ1v) is 7.81. The van der Waals surface area contributed by atoms with Gasteiger partial charge >= 0.3 is 0 Å². The lowest BCUT2D eigenvalue weighted by molar-refractivity contribution is 0.856. The molecule has 3 rings (SSSR count). The van der Waals surface area contributed by atoms with E-state index in [1.54, 1.807) is 10.7 Å². The molecule has 0 spiro atoms. The van der Waals surface area contributed by atoms with Gasteiger partial charge in [-0.25, -0.2) is 9.50 Å². The zero-order valence-electron chi connectivity index (χ0n) is 10.6. The largest absolute Gasteiger partial charge is 0.388 e. The first kappa shape index (κ1) is 12.7. The highest BCUT2D eigenvalue weighted by atomic mass is 32.2. The van der Waals surface area contributed by atoms with Gasteiger partial charge in [0.15, 0.2) is 5.65 Å². The monoisotopic (exact) mass is 293 g/mol.